The van der Waals surface area contributed by atoms with E-state index in [0.717, 1.165) is 0 Å². The Morgan fingerprint density at radius 3 is 2.24 bits per heavy atom. The first-order valence-corrected chi connectivity index (χ1v) is 7.56. The minimum atomic E-state index is -3.54. The van der Waals surface area contributed by atoms with Gasteiger partial charge in [-0.25, -0.2) is 8.42 Å². The summed E-state index contributed by atoms with van der Waals surface area (Å²) in [6, 6.07) is 8.62. The van der Waals surface area contributed by atoms with Crippen LogP contribution in [0.5, 0.6) is 0 Å². The van der Waals surface area contributed by atoms with Crippen molar-refractivity contribution < 1.29 is 13.5 Å². The van der Waals surface area contributed by atoms with E-state index in [1.165, 1.54) is 6.92 Å². The van der Waals surface area contributed by atoms with E-state index in [2.05, 4.69) is 0 Å². The summed E-state index contributed by atoms with van der Waals surface area (Å²) in [5, 5.41) is 10.2. The summed E-state index contributed by atoms with van der Waals surface area (Å²) >= 11 is 6.16. The number of halogens is 1. The second kappa shape index (κ2) is 5.38. The number of rotatable bonds is 5. The molecule has 2 atom stereocenters. The summed E-state index contributed by atoms with van der Waals surface area (Å²) in [4.78, 5) is 0. The lowest BCUT2D eigenvalue weighted by molar-refractivity contribution is 0.154. The zero-order valence-corrected chi connectivity index (χ0v) is 11.5. The van der Waals surface area contributed by atoms with Gasteiger partial charge >= 0.3 is 0 Å². The van der Waals surface area contributed by atoms with Crippen LogP contribution < -0.4 is 0 Å². The van der Waals surface area contributed by atoms with Crippen molar-refractivity contribution in [3.63, 3.8) is 0 Å². The van der Waals surface area contributed by atoms with Gasteiger partial charge in [0.2, 0.25) is 0 Å². The van der Waals surface area contributed by atoms with Crippen molar-refractivity contribution in [2.24, 2.45) is 0 Å². The third-order valence-electron chi connectivity index (χ3n) is 2.90. The Balaban J connectivity index is 3.20. The van der Waals surface area contributed by atoms with Crippen molar-refractivity contribution in [1.82, 2.24) is 0 Å². The lowest BCUT2D eigenvalue weighted by atomic mass is 10.0. The first-order valence-electron chi connectivity index (χ1n) is 5.53. The second-order valence-electron chi connectivity index (χ2n) is 3.86. The Kier molecular flexibility index (Phi) is 4.58. The summed E-state index contributed by atoms with van der Waals surface area (Å²) in [7, 11) is -3.54. The highest BCUT2D eigenvalue weighted by Crippen LogP contribution is 2.40. The highest BCUT2D eigenvalue weighted by atomic mass is 35.5. The number of sulfone groups is 1. The molecule has 0 saturated carbocycles. The molecule has 1 aromatic carbocycles. The van der Waals surface area contributed by atoms with E-state index in [4.69, 9.17) is 11.6 Å². The zero-order valence-electron chi connectivity index (χ0n) is 9.93. The van der Waals surface area contributed by atoms with Gasteiger partial charge in [0.1, 0.15) is 6.10 Å². The van der Waals surface area contributed by atoms with Crippen molar-refractivity contribution >= 4 is 21.4 Å². The largest absolute Gasteiger partial charge is 0.385 e. The second-order valence-corrected chi connectivity index (χ2v) is 7.29. The molecule has 0 radical (unpaired) electrons. The monoisotopic (exact) mass is 276 g/mol. The normalized spacial score (nSPS) is 17.4. The molecule has 1 rings (SSSR count). The molecular weight excluding hydrogens is 260 g/mol. The third kappa shape index (κ3) is 2.64. The van der Waals surface area contributed by atoms with Crippen molar-refractivity contribution in [3.05, 3.63) is 35.9 Å². The number of aliphatic hydroxyl groups is 1. The summed E-state index contributed by atoms with van der Waals surface area (Å²) in [6.45, 7) is 3.19. The number of benzene rings is 1. The van der Waals surface area contributed by atoms with Crippen LogP contribution in [0, 0.1) is 0 Å². The predicted octanol–water partition coefficient (Wildman–Crippen LogP) is 2.50. The minimum Gasteiger partial charge on any atom is -0.385 e. The summed E-state index contributed by atoms with van der Waals surface area (Å²) in [5.74, 6) is -0.0891. The standard InChI is InChI=1S/C12H17ClO3S/c1-3-12(13,17(15,16)4-2)11(14)10-8-6-5-7-9-10/h5-9,11,14H,3-4H2,1-2H3/t11-,12-/m0/s1. The maximum atomic E-state index is 12.0. The van der Waals surface area contributed by atoms with Gasteiger partial charge in [-0.1, -0.05) is 55.8 Å². The molecule has 17 heavy (non-hydrogen) atoms. The smallest absolute Gasteiger partial charge is 0.175 e. The molecule has 0 fully saturated rings. The lowest BCUT2D eigenvalue weighted by Crippen LogP contribution is -2.39. The number of hydrogen-bond donors (Lipinski definition) is 1. The van der Waals surface area contributed by atoms with E-state index in [9.17, 15) is 13.5 Å². The van der Waals surface area contributed by atoms with Gasteiger partial charge in [0.05, 0.1) is 0 Å². The summed E-state index contributed by atoms with van der Waals surface area (Å²) in [5.41, 5.74) is 0.515. The first-order chi connectivity index (χ1) is 7.89. The molecule has 0 aliphatic rings. The molecule has 96 valence electrons. The summed E-state index contributed by atoms with van der Waals surface area (Å²) in [6.07, 6.45) is -1.07. The average Bonchev–Trinajstić information content (AvgIpc) is 2.37. The quantitative estimate of drug-likeness (QED) is 0.841. The molecule has 0 bridgehead atoms. The Bertz CT molecular complexity index is 458. The van der Waals surface area contributed by atoms with E-state index >= 15 is 0 Å². The van der Waals surface area contributed by atoms with Gasteiger partial charge in [-0.15, -0.1) is 0 Å². The number of aliphatic hydroxyl groups excluding tert-OH is 1. The van der Waals surface area contributed by atoms with Crippen LogP contribution in [0.25, 0.3) is 0 Å². The topological polar surface area (TPSA) is 54.4 Å². The maximum Gasteiger partial charge on any atom is 0.175 e. The Morgan fingerprint density at radius 1 is 1.29 bits per heavy atom. The molecule has 3 nitrogen and oxygen atoms in total. The molecule has 0 heterocycles. The van der Waals surface area contributed by atoms with Gasteiger partial charge in [-0.2, -0.15) is 0 Å². The van der Waals surface area contributed by atoms with Crippen molar-refractivity contribution in [2.45, 2.75) is 30.6 Å². The molecule has 0 aromatic heterocycles. The number of alkyl halides is 1. The molecule has 1 N–H and O–H groups in total. The van der Waals surface area contributed by atoms with E-state index < -0.39 is 20.1 Å². The van der Waals surface area contributed by atoms with Crippen LogP contribution in [0.15, 0.2) is 30.3 Å². The summed E-state index contributed by atoms with van der Waals surface area (Å²) < 4.78 is 22.3. The predicted molar refractivity (Wildman–Crippen MR) is 69.7 cm³/mol. The van der Waals surface area contributed by atoms with Crippen molar-refractivity contribution in [3.8, 4) is 0 Å². The van der Waals surface area contributed by atoms with E-state index in [1.54, 1.807) is 37.3 Å². The fourth-order valence-electron chi connectivity index (χ4n) is 1.71. The van der Waals surface area contributed by atoms with Gasteiger partial charge in [0, 0.05) is 5.75 Å². The van der Waals surface area contributed by atoms with Gasteiger partial charge < -0.3 is 5.11 Å². The minimum absolute atomic E-state index is 0.0891. The molecule has 0 unspecified atom stereocenters. The van der Waals surface area contributed by atoms with Crippen LogP contribution in [0.4, 0.5) is 0 Å². The van der Waals surface area contributed by atoms with Crippen molar-refractivity contribution in [2.75, 3.05) is 5.75 Å². The molecule has 0 amide bonds. The maximum absolute atomic E-state index is 12.0. The molecule has 5 heteroatoms. The molecule has 0 aliphatic heterocycles. The Hall–Kier alpha value is -0.580. The molecule has 0 saturated heterocycles. The van der Waals surface area contributed by atoms with Gasteiger partial charge in [0.15, 0.2) is 14.0 Å². The molecular formula is C12H17ClO3S. The zero-order chi connectivity index (χ0) is 13.1. The molecule has 1 aromatic rings. The van der Waals surface area contributed by atoms with Crippen LogP contribution in [-0.4, -0.2) is 23.5 Å². The first kappa shape index (κ1) is 14.5. The fraction of sp³-hybridized carbons (Fsp3) is 0.500. The Morgan fingerprint density at radius 2 is 1.82 bits per heavy atom. The van der Waals surface area contributed by atoms with Gasteiger partial charge in [-0.05, 0) is 12.0 Å². The van der Waals surface area contributed by atoms with Crippen LogP contribution in [-0.2, 0) is 9.84 Å². The van der Waals surface area contributed by atoms with Crippen LogP contribution in [0.2, 0.25) is 0 Å². The van der Waals surface area contributed by atoms with Gasteiger partial charge in [-0.3, -0.25) is 0 Å². The number of hydrogen-bond acceptors (Lipinski definition) is 3. The van der Waals surface area contributed by atoms with Gasteiger partial charge in [0.25, 0.3) is 0 Å². The Labute approximate surface area is 107 Å². The highest BCUT2D eigenvalue weighted by molar-refractivity contribution is 7.94. The fourth-order valence-corrected chi connectivity index (χ4v) is 3.56. The molecule has 0 aliphatic carbocycles. The third-order valence-corrected chi connectivity index (χ3v) is 6.39. The van der Waals surface area contributed by atoms with Crippen LogP contribution in [0.1, 0.15) is 31.9 Å². The van der Waals surface area contributed by atoms with E-state index in [1.807, 2.05) is 0 Å². The lowest BCUT2D eigenvalue weighted by Gasteiger charge is -2.30. The SMILES string of the molecule is CC[C@@](Cl)([C@@H](O)c1ccccc1)S(=O)(=O)CC. The van der Waals surface area contributed by atoms with E-state index in [-0.39, 0.29) is 12.2 Å². The van der Waals surface area contributed by atoms with Crippen LogP contribution in [0.3, 0.4) is 0 Å². The van der Waals surface area contributed by atoms with E-state index in [0.29, 0.717) is 5.56 Å². The molecule has 0 spiro atoms. The van der Waals surface area contributed by atoms with Crippen LogP contribution >= 0.6 is 11.6 Å². The average molecular weight is 277 g/mol. The van der Waals surface area contributed by atoms with Crippen molar-refractivity contribution in [1.29, 1.82) is 0 Å². The highest BCUT2D eigenvalue weighted by Gasteiger charge is 2.46.